The summed E-state index contributed by atoms with van der Waals surface area (Å²) in [5.74, 6) is 0. The van der Waals surface area contributed by atoms with Gasteiger partial charge in [-0.1, -0.05) is 33.6 Å². The molecule has 0 aliphatic carbocycles. The maximum absolute atomic E-state index is 9.01. The second kappa shape index (κ2) is 7.76. The number of rotatable bonds is 7. The van der Waals surface area contributed by atoms with Crippen LogP contribution in [0.4, 0.5) is 0 Å². The molecule has 1 fully saturated rings. The molecule has 1 atom stereocenters. The molecule has 0 saturated carbocycles. The second-order valence-electron chi connectivity index (χ2n) is 5.58. The van der Waals surface area contributed by atoms with Gasteiger partial charge in [0.15, 0.2) is 0 Å². The molecule has 0 radical (unpaired) electrons. The molecule has 104 valence electrons. The van der Waals surface area contributed by atoms with Gasteiger partial charge in [0.2, 0.25) is 0 Å². The monoisotopic (exact) mass is 251 g/mol. The van der Waals surface area contributed by atoms with Crippen molar-refractivity contribution in [3.63, 3.8) is 0 Å². The average molecular weight is 251 g/mol. The van der Waals surface area contributed by atoms with Gasteiger partial charge in [-0.15, -0.1) is 0 Å². The molecule has 0 spiro atoms. The van der Waals surface area contributed by atoms with Crippen LogP contribution in [0.3, 0.4) is 0 Å². The van der Waals surface area contributed by atoms with Crippen LogP contribution in [0.25, 0.3) is 0 Å². The lowest BCUT2D eigenvalue weighted by Crippen LogP contribution is -2.41. The number of nitrogens with one attached hydrogen (secondary N) is 1. The van der Waals surface area contributed by atoms with Crippen LogP contribution < -0.4 is 5.32 Å². The Morgan fingerprint density at radius 2 is 1.83 bits per heavy atom. The SMILES string of the molecule is CCNC(C#N)CCN1CCC(CC)(CC)CC1. The van der Waals surface area contributed by atoms with Crippen LogP contribution in [0.5, 0.6) is 0 Å². The molecule has 1 N–H and O–H groups in total. The maximum Gasteiger partial charge on any atom is 0.0965 e. The number of hydrogen-bond donors (Lipinski definition) is 1. The van der Waals surface area contributed by atoms with Crippen LogP contribution in [0.15, 0.2) is 0 Å². The molecule has 1 heterocycles. The van der Waals surface area contributed by atoms with Gasteiger partial charge in [-0.05, 0) is 44.3 Å². The van der Waals surface area contributed by atoms with Crippen molar-refractivity contribution < 1.29 is 0 Å². The van der Waals surface area contributed by atoms with Crippen LogP contribution in [0.1, 0.15) is 52.9 Å². The minimum atomic E-state index is 0.0269. The van der Waals surface area contributed by atoms with E-state index in [0.717, 1.165) is 19.5 Å². The highest BCUT2D eigenvalue weighted by atomic mass is 15.1. The molecule has 1 rings (SSSR count). The van der Waals surface area contributed by atoms with Gasteiger partial charge in [0.1, 0.15) is 0 Å². The van der Waals surface area contributed by atoms with Crippen molar-refractivity contribution in [1.82, 2.24) is 10.2 Å². The summed E-state index contributed by atoms with van der Waals surface area (Å²) in [5.41, 5.74) is 0.604. The topological polar surface area (TPSA) is 39.1 Å². The first-order valence-electron chi connectivity index (χ1n) is 7.55. The predicted molar refractivity (Wildman–Crippen MR) is 76.4 cm³/mol. The zero-order valence-corrected chi connectivity index (χ0v) is 12.3. The van der Waals surface area contributed by atoms with E-state index < -0.39 is 0 Å². The van der Waals surface area contributed by atoms with E-state index in [4.69, 9.17) is 5.26 Å². The number of nitrogens with zero attached hydrogens (tertiary/aromatic N) is 2. The van der Waals surface area contributed by atoms with Gasteiger partial charge in [-0.3, -0.25) is 0 Å². The Labute approximate surface area is 113 Å². The third-order valence-electron chi connectivity index (χ3n) is 4.76. The Hall–Kier alpha value is -0.590. The van der Waals surface area contributed by atoms with Crippen molar-refractivity contribution in [2.75, 3.05) is 26.2 Å². The fourth-order valence-electron chi connectivity index (χ4n) is 2.98. The van der Waals surface area contributed by atoms with Gasteiger partial charge < -0.3 is 10.2 Å². The van der Waals surface area contributed by atoms with Crippen molar-refractivity contribution in [2.45, 2.75) is 58.9 Å². The molecule has 0 bridgehead atoms. The fourth-order valence-corrected chi connectivity index (χ4v) is 2.98. The first-order chi connectivity index (χ1) is 8.69. The highest BCUT2D eigenvalue weighted by Crippen LogP contribution is 2.37. The summed E-state index contributed by atoms with van der Waals surface area (Å²) in [6.45, 7) is 11.1. The van der Waals surface area contributed by atoms with Gasteiger partial charge in [0.05, 0.1) is 12.1 Å². The van der Waals surface area contributed by atoms with E-state index in [0.29, 0.717) is 5.41 Å². The quantitative estimate of drug-likeness (QED) is 0.756. The fraction of sp³-hybridized carbons (Fsp3) is 0.933. The summed E-state index contributed by atoms with van der Waals surface area (Å²) in [6, 6.07) is 2.37. The molecule has 3 heteroatoms. The number of nitriles is 1. The van der Waals surface area contributed by atoms with E-state index in [1.54, 1.807) is 0 Å². The second-order valence-corrected chi connectivity index (χ2v) is 5.58. The van der Waals surface area contributed by atoms with Crippen LogP contribution in [0.2, 0.25) is 0 Å². The van der Waals surface area contributed by atoms with Gasteiger partial charge in [0, 0.05) is 6.54 Å². The van der Waals surface area contributed by atoms with E-state index >= 15 is 0 Å². The minimum absolute atomic E-state index is 0.0269. The van der Waals surface area contributed by atoms with E-state index in [-0.39, 0.29) is 6.04 Å². The molecule has 1 saturated heterocycles. The Balaban J connectivity index is 2.29. The van der Waals surface area contributed by atoms with E-state index in [1.807, 2.05) is 0 Å². The van der Waals surface area contributed by atoms with E-state index in [2.05, 4.69) is 37.1 Å². The number of likely N-dealkylation sites (tertiary alicyclic amines) is 1. The molecule has 0 aromatic carbocycles. The molecule has 0 amide bonds. The Morgan fingerprint density at radius 3 is 2.28 bits per heavy atom. The molecular weight excluding hydrogens is 222 g/mol. The summed E-state index contributed by atoms with van der Waals surface area (Å²) in [6.07, 6.45) is 6.25. The molecule has 18 heavy (non-hydrogen) atoms. The van der Waals surface area contributed by atoms with Crippen molar-refractivity contribution in [2.24, 2.45) is 5.41 Å². The highest BCUT2D eigenvalue weighted by molar-refractivity contribution is 4.91. The van der Waals surface area contributed by atoms with Crippen molar-refractivity contribution in [3.8, 4) is 6.07 Å². The molecular formula is C15H29N3. The summed E-state index contributed by atoms with van der Waals surface area (Å²) in [5, 5.41) is 12.2. The third kappa shape index (κ3) is 4.26. The normalized spacial score (nSPS) is 21.4. The van der Waals surface area contributed by atoms with Gasteiger partial charge in [0.25, 0.3) is 0 Å². The highest BCUT2D eigenvalue weighted by Gasteiger charge is 2.30. The lowest BCUT2D eigenvalue weighted by molar-refractivity contribution is 0.0937. The summed E-state index contributed by atoms with van der Waals surface area (Å²) < 4.78 is 0. The lowest BCUT2D eigenvalue weighted by Gasteiger charge is -2.41. The van der Waals surface area contributed by atoms with Gasteiger partial charge in [-0.2, -0.15) is 5.26 Å². The maximum atomic E-state index is 9.01. The third-order valence-corrected chi connectivity index (χ3v) is 4.76. The van der Waals surface area contributed by atoms with Crippen LogP contribution in [0, 0.1) is 16.7 Å². The largest absolute Gasteiger partial charge is 0.303 e. The molecule has 0 aromatic heterocycles. The molecule has 1 aliphatic heterocycles. The molecule has 1 unspecified atom stereocenters. The summed E-state index contributed by atoms with van der Waals surface area (Å²) >= 11 is 0. The zero-order valence-electron chi connectivity index (χ0n) is 12.3. The van der Waals surface area contributed by atoms with Crippen LogP contribution >= 0.6 is 0 Å². The Kier molecular flexibility index (Phi) is 6.67. The van der Waals surface area contributed by atoms with Gasteiger partial charge in [-0.25, -0.2) is 0 Å². The lowest BCUT2D eigenvalue weighted by atomic mass is 9.74. The first kappa shape index (κ1) is 15.5. The van der Waals surface area contributed by atoms with Crippen molar-refractivity contribution in [1.29, 1.82) is 5.26 Å². The Bertz CT molecular complexity index is 255. The standard InChI is InChI=1S/C15H29N3/c1-4-15(5-2)8-11-18(12-9-15)10-7-14(13-16)17-6-3/h14,17H,4-12H2,1-3H3. The van der Waals surface area contributed by atoms with Crippen LogP contribution in [-0.2, 0) is 0 Å². The molecule has 3 nitrogen and oxygen atoms in total. The molecule has 1 aliphatic rings. The van der Waals surface area contributed by atoms with E-state index in [9.17, 15) is 0 Å². The van der Waals surface area contributed by atoms with Crippen molar-refractivity contribution >= 4 is 0 Å². The predicted octanol–water partition coefficient (Wildman–Crippen LogP) is 2.78. The smallest absolute Gasteiger partial charge is 0.0965 e. The van der Waals surface area contributed by atoms with Gasteiger partial charge >= 0.3 is 0 Å². The number of hydrogen-bond acceptors (Lipinski definition) is 3. The summed E-state index contributed by atoms with van der Waals surface area (Å²) in [4.78, 5) is 2.53. The summed E-state index contributed by atoms with van der Waals surface area (Å²) in [7, 11) is 0. The first-order valence-corrected chi connectivity index (χ1v) is 7.55. The average Bonchev–Trinajstić information content (AvgIpc) is 2.44. The number of piperidine rings is 1. The Morgan fingerprint density at radius 1 is 1.22 bits per heavy atom. The van der Waals surface area contributed by atoms with Crippen LogP contribution in [-0.4, -0.2) is 37.1 Å². The minimum Gasteiger partial charge on any atom is -0.303 e. The zero-order chi connectivity index (χ0) is 13.4. The molecule has 0 aromatic rings. The van der Waals surface area contributed by atoms with E-state index in [1.165, 1.54) is 38.8 Å². The van der Waals surface area contributed by atoms with Crippen molar-refractivity contribution in [3.05, 3.63) is 0 Å².